The molecule has 0 radical (unpaired) electrons. The molecule has 0 spiro atoms. The SMILES string of the molecule is O=C(c1ccsc1)N1CCC(c2nc(CCOc3ccc(F)cc3)no2)C1. The molecule has 1 aliphatic heterocycles. The predicted octanol–water partition coefficient (Wildman–Crippen LogP) is 3.52. The van der Waals surface area contributed by atoms with Crippen LogP contribution < -0.4 is 4.74 Å². The fraction of sp³-hybridized carbons (Fsp3) is 0.316. The maximum atomic E-state index is 12.9. The predicted molar refractivity (Wildman–Crippen MR) is 97.5 cm³/mol. The van der Waals surface area contributed by atoms with Crippen LogP contribution in [-0.2, 0) is 6.42 Å². The van der Waals surface area contributed by atoms with Gasteiger partial charge in [0.25, 0.3) is 5.91 Å². The van der Waals surface area contributed by atoms with Crippen LogP contribution in [0.5, 0.6) is 5.75 Å². The molecule has 27 heavy (non-hydrogen) atoms. The number of ether oxygens (including phenoxy) is 1. The van der Waals surface area contributed by atoms with E-state index >= 15 is 0 Å². The molecular formula is C19H18FN3O3S. The summed E-state index contributed by atoms with van der Waals surface area (Å²) in [7, 11) is 0. The van der Waals surface area contributed by atoms with Gasteiger partial charge in [0, 0.05) is 24.9 Å². The smallest absolute Gasteiger partial charge is 0.254 e. The number of hydrogen-bond acceptors (Lipinski definition) is 6. The fourth-order valence-corrected chi connectivity index (χ4v) is 3.67. The average molecular weight is 387 g/mol. The highest BCUT2D eigenvalue weighted by atomic mass is 32.1. The van der Waals surface area contributed by atoms with Crippen molar-refractivity contribution in [3.8, 4) is 5.75 Å². The van der Waals surface area contributed by atoms with Crippen molar-refractivity contribution < 1.29 is 18.4 Å². The van der Waals surface area contributed by atoms with Gasteiger partial charge in [-0.2, -0.15) is 16.3 Å². The number of aromatic nitrogens is 2. The van der Waals surface area contributed by atoms with Crippen molar-refractivity contribution in [1.29, 1.82) is 0 Å². The van der Waals surface area contributed by atoms with Crippen molar-refractivity contribution >= 4 is 17.2 Å². The number of carbonyl (C=O) groups is 1. The minimum atomic E-state index is -0.298. The summed E-state index contributed by atoms with van der Waals surface area (Å²) in [6, 6.07) is 7.70. The van der Waals surface area contributed by atoms with Gasteiger partial charge in [0.15, 0.2) is 5.82 Å². The van der Waals surface area contributed by atoms with Crippen LogP contribution in [0.2, 0.25) is 0 Å². The number of carbonyl (C=O) groups excluding carboxylic acids is 1. The van der Waals surface area contributed by atoms with Gasteiger partial charge >= 0.3 is 0 Å². The monoisotopic (exact) mass is 387 g/mol. The molecule has 2 aromatic heterocycles. The van der Waals surface area contributed by atoms with E-state index in [2.05, 4.69) is 10.1 Å². The van der Waals surface area contributed by atoms with Crippen molar-refractivity contribution in [2.75, 3.05) is 19.7 Å². The summed E-state index contributed by atoms with van der Waals surface area (Å²) in [6.07, 6.45) is 1.30. The van der Waals surface area contributed by atoms with Crippen molar-refractivity contribution in [1.82, 2.24) is 15.0 Å². The summed E-state index contributed by atoms with van der Waals surface area (Å²) in [5.74, 6) is 1.53. The van der Waals surface area contributed by atoms with E-state index in [4.69, 9.17) is 9.26 Å². The van der Waals surface area contributed by atoms with E-state index in [1.165, 1.54) is 23.5 Å². The lowest BCUT2D eigenvalue weighted by Gasteiger charge is -2.14. The Bertz CT molecular complexity index is 895. The second-order valence-electron chi connectivity index (χ2n) is 6.35. The second kappa shape index (κ2) is 7.87. The molecule has 6 nitrogen and oxygen atoms in total. The van der Waals surface area contributed by atoms with Gasteiger partial charge < -0.3 is 14.2 Å². The van der Waals surface area contributed by atoms with Crippen LogP contribution in [-0.4, -0.2) is 40.6 Å². The molecule has 0 aliphatic carbocycles. The number of halogens is 1. The van der Waals surface area contributed by atoms with Gasteiger partial charge in [0.2, 0.25) is 5.89 Å². The third-order valence-corrected chi connectivity index (χ3v) is 5.17. The first-order chi connectivity index (χ1) is 13.2. The molecular weight excluding hydrogens is 369 g/mol. The summed E-state index contributed by atoms with van der Waals surface area (Å²) in [5.41, 5.74) is 0.727. The Morgan fingerprint density at radius 1 is 1.33 bits per heavy atom. The van der Waals surface area contributed by atoms with Crippen molar-refractivity contribution in [2.45, 2.75) is 18.8 Å². The zero-order valence-electron chi connectivity index (χ0n) is 14.5. The van der Waals surface area contributed by atoms with Gasteiger partial charge in [0.1, 0.15) is 11.6 Å². The van der Waals surface area contributed by atoms with E-state index in [-0.39, 0.29) is 17.6 Å². The van der Waals surface area contributed by atoms with Gasteiger partial charge in [-0.25, -0.2) is 4.39 Å². The molecule has 1 aromatic carbocycles. The molecule has 1 saturated heterocycles. The van der Waals surface area contributed by atoms with Gasteiger partial charge in [-0.3, -0.25) is 4.79 Å². The molecule has 1 atom stereocenters. The quantitative estimate of drug-likeness (QED) is 0.647. The third kappa shape index (κ3) is 4.16. The van der Waals surface area contributed by atoms with Gasteiger partial charge in [-0.1, -0.05) is 5.16 Å². The average Bonchev–Trinajstić information content (AvgIpc) is 3.44. The molecule has 0 bridgehead atoms. The Hall–Kier alpha value is -2.74. The van der Waals surface area contributed by atoms with Crippen LogP contribution >= 0.6 is 11.3 Å². The van der Waals surface area contributed by atoms with Crippen LogP contribution in [0.25, 0.3) is 0 Å². The molecule has 0 saturated carbocycles. The first-order valence-electron chi connectivity index (χ1n) is 8.71. The van der Waals surface area contributed by atoms with Crippen molar-refractivity contribution in [2.24, 2.45) is 0 Å². The standard InChI is InChI=1S/C19H18FN3O3S/c20-15-1-3-16(4-2-15)25-9-6-17-21-18(26-22-17)13-5-8-23(11-13)19(24)14-7-10-27-12-14/h1-4,7,10,12-13H,5-6,8-9,11H2. The number of nitrogens with zero attached hydrogens (tertiary/aromatic N) is 3. The minimum absolute atomic E-state index is 0.0474. The lowest BCUT2D eigenvalue weighted by Crippen LogP contribution is -2.28. The van der Waals surface area contributed by atoms with Gasteiger partial charge in [-0.05, 0) is 42.1 Å². The van der Waals surface area contributed by atoms with Gasteiger partial charge in [-0.15, -0.1) is 0 Å². The van der Waals surface area contributed by atoms with E-state index in [0.29, 0.717) is 43.6 Å². The van der Waals surface area contributed by atoms with Crippen LogP contribution in [0.3, 0.4) is 0 Å². The molecule has 0 N–H and O–H groups in total. The highest BCUT2D eigenvalue weighted by molar-refractivity contribution is 7.08. The third-order valence-electron chi connectivity index (χ3n) is 4.48. The Kier molecular flexibility index (Phi) is 5.15. The molecule has 140 valence electrons. The zero-order chi connectivity index (χ0) is 18.6. The van der Waals surface area contributed by atoms with E-state index in [1.807, 2.05) is 21.7 Å². The lowest BCUT2D eigenvalue weighted by molar-refractivity contribution is 0.0790. The number of amides is 1. The summed E-state index contributed by atoms with van der Waals surface area (Å²) in [4.78, 5) is 18.7. The minimum Gasteiger partial charge on any atom is -0.493 e. The number of benzene rings is 1. The van der Waals surface area contributed by atoms with E-state index in [9.17, 15) is 9.18 Å². The van der Waals surface area contributed by atoms with Crippen molar-refractivity contribution in [3.05, 3.63) is 64.2 Å². The van der Waals surface area contributed by atoms with Crippen molar-refractivity contribution in [3.63, 3.8) is 0 Å². The topological polar surface area (TPSA) is 68.5 Å². The molecule has 1 fully saturated rings. The van der Waals surface area contributed by atoms with Crippen LogP contribution in [0.15, 0.2) is 45.6 Å². The molecule has 3 heterocycles. The summed E-state index contributed by atoms with van der Waals surface area (Å²) in [6.45, 7) is 1.64. The number of likely N-dealkylation sites (tertiary alicyclic amines) is 1. The Morgan fingerprint density at radius 2 is 2.19 bits per heavy atom. The number of rotatable bonds is 6. The fourth-order valence-electron chi connectivity index (χ4n) is 3.04. The van der Waals surface area contributed by atoms with Crippen LogP contribution in [0, 0.1) is 5.82 Å². The Balaban J connectivity index is 1.29. The zero-order valence-corrected chi connectivity index (χ0v) is 15.3. The van der Waals surface area contributed by atoms with E-state index in [1.54, 1.807) is 12.1 Å². The first-order valence-corrected chi connectivity index (χ1v) is 9.65. The molecule has 3 aromatic rings. The Labute approximate surface area is 159 Å². The van der Waals surface area contributed by atoms with E-state index < -0.39 is 0 Å². The summed E-state index contributed by atoms with van der Waals surface area (Å²) in [5, 5.41) is 7.76. The van der Waals surface area contributed by atoms with Crippen LogP contribution in [0.1, 0.15) is 34.4 Å². The van der Waals surface area contributed by atoms with Gasteiger partial charge in [0.05, 0.1) is 18.1 Å². The molecule has 1 unspecified atom stereocenters. The second-order valence-corrected chi connectivity index (χ2v) is 7.13. The summed E-state index contributed by atoms with van der Waals surface area (Å²) < 4.78 is 23.8. The molecule has 4 rings (SSSR count). The van der Waals surface area contributed by atoms with E-state index in [0.717, 1.165) is 12.0 Å². The lowest BCUT2D eigenvalue weighted by atomic mass is 10.1. The maximum absolute atomic E-state index is 12.9. The normalized spacial score (nSPS) is 16.6. The number of thiophene rings is 1. The largest absolute Gasteiger partial charge is 0.493 e. The highest BCUT2D eigenvalue weighted by Gasteiger charge is 2.31. The molecule has 1 aliphatic rings. The molecule has 8 heteroatoms. The highest BCUT2D eigenvalue weighted by Crippen LogP contribution is 2.27. The Morgan fingerprint density at radius 3 is 2.96 bits per heavy atom. The maximum Gasteiger partial charge on any atom is 0.254 e. The first kappa shape index (κ1) is 17.7. The number of hydrogen-bond donors (Lipinski definition) is 0. The van der Waals surface area contributed by atoms with Crippen LogP contribution in [0.4, 0.5) is 4.39 Å². The summed E-state index contributed by atoms with van der Waals surface area (Å²) >= 11 is 1.52. The molecule has 1 amide bonds.